The molecule has 0 atom stereocenters. The molecule has 5 nitrogen and oxygen atoms in total. The lowest BCUT2D eigenvalue weighted by molar-refractivity contribution is 0.0950. The molecule has 2 aromatic rings. The number of amides is 1. The molecule has 0 aliphatic heterocycles. The molecule has 0 unspecified atom stereocenters. The van der Waals surface area contributed by atoms with E-state index in [0.717, 1.165) is 36.2 Å². The van der Waals surface area contributed by atoms with Crippen molar-refractivity contribution in [1.82, 2.24) is 15.2 Å². The maximum atomic E-state index is 12.3. The topological polar surface area (TPSA) is 60.2 Å². The number of carbonyl (C=O) groups excluding carboxylic acids is 1. The highest BCUT2D eigenvalue weighted by atomic mass is 16.1. The van der Waals surface area contributed by atoms with Gasteiger partial charge >= 0.3 is 0 Å². The minimum absolute atomic E-state index is 0.0262. The minimum Gasteiger partial charge on any atom is -0.388 e. The Morgan fingerprint density at radius 1 is 1.29 bits per heavy atom. The number of hydrogen-bond donors (Lipinski definition) is 3. The highest BCUT2D eigenvalue weighted by molar-refractivity contribution is 6.07. The molecule has 114 valence electrons. The number of rotatable bonds is 7. The molecule has 0 bridgehead atoms. The Kier molecular flexibility index (Phi) is 5.22. The van der Waals surface area contributed by atoms with Crippen LogP contribution < -0.4 is 10.6 Å². The van der Waals surface area contributed by atoms with E-state index in [1.54, 1.807) is 6.20 Å². The predicted molar refractivity (Wildman–Crippen MR) is 88.0 cm³/mol. The molecule has 0 spiro atoms. The largest absolute Gasteiger partial charge is 0.388 e. The Balaban J connectivity index is 2.05. The highest BCUT2D eigenvalue weighted by Gasteiger charge is 2.12. The van der Waals surface area contributed by atoms with Gasteiger partial charge in [0.15, 0.2) is 0 Å². The summed E-state index contributed by atoms with van der Waals surface area (Å²) in [6, 6.07) is 5.96. The summed E-state index contributed by atoms with van der Waals surface area (Å²) in [5.74, 6) is -0.0262. The van der Waals surface area contributed by atoms with Crippen LogP contribution in [0.5, 0.6) is 0 Å². The van der Waals surface area contributed by atoms with Gasteiger partial charge in [-0.25, -0.2) is 0 Å². The predicted octanol–water partition coefficient (Wildman–Crippen LogP) is 2.28. The number of aromatic amines is 1. The lowest BCUT2D eigenvalue weighted by Crippen LogP contribution is -2.34. The van der Waals surface area contributed by atoms with Crippen molar-refractivity contribution in [3.05, 3.63) is 30.0 Å². The van der Waals surface area contributed by atoms with Crippen molar-refractivity contribution in [2.45, 2.75) is 13.8 Å². The van der Waals surface area contributed by atoms with Crippen LogP contribution >= 0.6 is 0 Å². The second-order valence-corrected chi connectivity index (χ2v) is 5.00. The molecule has 5 heteroatoms. The molecular weight excluding hydrogens is 264 g/mol. The summed E-state index contributed by atoms with van der Waals surface area (Å²) in [7, 11) is 1.87. The van der Waals surface area contributed by atoms with Crippen LogP contribution in [0.3, 0.4) is 0 Å². The summed E-state index contributed by atoms with van der Waals surface area (Å²) in [5.41, 5.74) is 2.67. The highest BCUT2D eigenvalue weighted by Crippen LogP contribution is 2.22. The second kappa shape index (κ2) is 7.13. The van der Waals surface area contributed by atoms with Gasteiger partial charge in [-0.15, -0.1) is 0 Å². The summed E-state index contributed by atoms with van der Waals surface area (Å²) in [6.45, 7) is 7.81. The molecule has 0 saturated heterocycles. The van der Waals surface area contributed by atoms with Crippen LogP contribution in [0.25, 0.3) is 10.9 Å². The number of H-pyrrole nitrogens is 1. The van der Waals surface area contributed by atoms with E-state index in [4.69, 9.17) is 0 Å². The molecule has 21 heavy (non-hydrogen) atoms. The van der Waals surface area contributed by atoms with E-state index in [1.165, 1.54) is 0 Å². The van der Waals surface area contributed by atoms with E-state index in [-0.39, 0.29) is 5.91 Å². The molecule has 2 rings (SSSR count). The molecule has 1 aromatic carbocycles. The van der Waals surface area contributed by atoms with Gasteiger partial charge in [-0.05, 0) is 31.3 Å². The molecule has 0 fully saturated rings. The fraction of sp³-hybridized carbons (Fsp3) is 0.438. The summed E-state index contributed by atoms with van der Waals surface area (Å²) in [6.07, 6.45) is 1.77. The molecule has 1 heterocycles. The van der Waals surface area contributed by atoms with Gasteiger partial charge in [0.2, 0.25) is 0 Å². The SMILES string of the molecule is CCN(CC)CCNC(=O)c1c[nH]c2ccc(NC)cc12. The molecule has 0 aliphatic rings. The average molecular weight is 288 g/mol. The van der Waals surface area contributed by atoms with Gasteiger partial charge in [-0.1, -0.05) is 13.8 Å². The third kappa shape index (κ3) is 3.55. The molecule has 1 amide bonds. The maximum absolute atomic E-state index is 12.3. The summed E-state index contributed by atoms with van der Waals surface area (Å²) in [4.78, 5) is 17.7. The normalized spacial score (nSPS) is 11.0. The first kappa shape index (κ1) is 15.4. The summed E-state index contributed by atoms with van der Waals surface area (Å²) >= 11 is 0. The Morgan fingerprint density at radius 3 is 2.71 bits per heavy atom. The van der Waals surface area contributed by atoms with Crippen molar-refractivity contribution in [1.29, 1.82) is 0 Å². The molecule has 0 radical (unpaired) electrons. The van der Waals surface area contributed by atoms with Crippen LogP contribution in [0.2, 0.25) is 0 Å². The average Bonchev–Trinajstić information content (AvgIpc) is 2.94. The van der Waals surface area contributed by atoms with E-state index in [0.29, 0.717) is 12.1 Å². The van der Waals surface area contributed by atoms with Gasteiger partial charge in [0.05, 0.1) is 5.56 Å². The first-order valence-corrected chi connectivity index (χ1v) is 7.49. The fourth-order valence-corrected chi connectivity index (χ4v) is 2.43. The monoisotopic (exact) mass is 288 g/mol. The summed E-state index contributed by atoms with van der Waals surface area (Å²) < 4.78 is 0. The Bertz CT molecular complexity index is 601. The van der Waals surface area contributed by atoms with E-state index >= 15 is 0 Å². The number of carbonyl (C=O) groups is 1. The number of nitrogens with one attached hydrogen (secondary N) is 3. The van der Waals surface area contributed by atoms with Gasteiger partial charge in [-0.3, -0.25) is 4.79 Å². The smallest absolute Gasteiger partial charge is 0.253 e. The van der Waals surface area contributed by atoms with E-state index < -0.39 is 0 Å². The van der Waals surface area contributed by atoms with Crippen molar-refractivity contribution in [3.8, 4) is 0 Å². The van der Waals surface area contributed by atoms with E-state index in [9.17, 15) is 4.79 Å². The first-order chi connectivity index (χ1) is 10.2. The lowest BCUT2D eigenvalue weighted by atomic mass is 10.1. The van der Waals surface area contributed by atoms with Crippen LogP contribution in [-0.4, -0.2) is 49.0 Å². The Hall–Kier alpha value is -2.01. The molecular formula is C16H24N4O. The lowest BCUT2D eigenvalue weighted by Gasteiger charge is -2.17. The van der Waals surface area contributed by atoms with Crippen molar-refractivity contribution in [2.24, 2.45) is 0 Å². The standard InChI is InChI=1S/C16H24N4O/c1-4-20(5-2)9-8-18-16(21)14-11-19-15-7-6-12(17-3)10-13(14)15/h6-7,10-11,17,19H,4-5,8-9H2,1-3H3,(H,18,21). The number of hydrogen-bond acceptors (Lipinski definition) is 3. The summed E-state index contributed by atoms with van der Waals surface area (Å²) in [5, 5.41) is 7.04. The Labute approximate surface area is 125 Å². The number of benzene rings is 1. The zero-order chi connectivity index (χ0) is 15.2. The van der Waals surface area contributed by atoms with Crippen LogP contribution in [-0.2, 0) is 0 Å². The number of aromatic nitrogens is 1. The molecule has 0 saturated carbocycles. The fourth-order valence-electron chi connectivity index (χ4n) is 2.43. The van der Waals surface area contributed by atoms with Crippen LogP contribution in [0, 0.1) is 0 Å². The Morgan fingerprint density at radius 2 is 2.05 bits per heavy atom. The third-order valence-corrected chi connectivity index (χ3v) is 3.82. The van der Waals surface area contributed by atoms with Crippen molar-refractivity contribution < 1.29 is 4.79 Å². The molecule has 0 aliphatic carbocycles. The number of fused-ring (bicyclic) bond motifs is 1. The van der Waals surface area contributed by atoms with Crippen LogP contribution in [0.1, 0.15) is 24.2 Å². The third-order valence-electron chi connectivity index (χ3n) is 3.82. The van der Waals surface area contributed by atoms with E-state index in [1.807, 2.05) is 25.2 Å². The molecule has 1 aromatic heterocycles. The second-order valence-electron chi connectivity index (χ2n) is 5.00. The van der Waals surface area contributed by atoms with Crippen LogP contribution in [0.15, 0.2) is 24.4 Å². The first-order valence-electron chi connectivity index (χ1n) is 7.49. The van der Waals surface area contributed by atoms with E-state index in [2.05, 4.69) is 34.4 Å². The van der Waals surface area contributed by atoms with Crippen molar-refractivity contribution >= 4 is 22.5 Å². The van der Waals surface area contributed by atoms with Gasteiger partial charge in [0.1, 0.15) is 0 Å². The minimum atomic E-state index is -0.0262. The van der Waals surface area contributed by atoms with Gasteiger partial charge in [0, 0.05) is 42.9 Å². The maximum Gasteiger partial charge on any atom is 0.253 e. The van der Waals surface area contributed by atoms with Gasteiger partial charge < -0.3 is 20.5 Å². The zero-order valence-electron chi connectivity index (χ0n) is 13.0. The van der Waals surface area contributed by atoms with Crippen molar-refractivity contribution in [3.63, 3.8) is 0 Å². The van der Waals surface area contributed by atoms with Crippen molar-refractivity contribution in [2.75, 3.05) is 38.5 Å². The number of anilines is 1. The number of nitrogens with zero attached hydrogens (tertiary/aromatic N) is 1. The van der Waals surface area contributed by atoms with Crippen LogP contribution in [0.4, 0.5) is 5.69 Å². The number of likely N-dealkylation sites (N-methyl/N-ethyl adjacent to an activating group) is 1. The molecule has 3 N–H and O–H groups in total. The van der Waals surface area contributed by atoms with Gasteiger partial charge in [-0.2, -0.15) is 0 Å². The quantitative estimate of drug-likeness (QED) is 0.732. The van der Waals surface area contributed by atoms with Gasteiger partial charge in [0.25, 0.3) is 5.91 Å². The zero-order valence-corrected chi connectivity index (χ0v) is 13.0.